The molecule has 0 spiro atoms. The Kier molecular flexibility index (Phi) is 6.42. The Morgan fingerprint density at radius 1 is 1.08 bits per heavy atom. The van der Waals surface area contributed by atoms with E-state index in [1.165, 1.54) is 23.5 Å². The molecule has 140 valence electrons. The van der Waals surface area contributed by atoms with Gasteiger partial charge < -0.3 is 5.32 Å². The fourth-order valence-electron chi connectivity index (χ4n) is 2.76. The number of hydrogen-bond donors (Lipinski definition) is 1. The van der Waals surface area contributed by atoms with Gasteiger partial charge in [-0.3, -0.25) is 9.10 Å². The van der Waals surface area contributed by atoms with E-state index in [0.717, 1.165) is 18.4 Å². The maximum atomic E-state index is 13.0. The molecule has 0 aromatic heterocycles. The number of carbonyl (C=O) groups is 1. The normalized spacial score (nSPS) is 11.4. The van der Waals surface area contributed by atoms with Gasteiger partial charge >= 0.3 is 0 Å². The van der Waals surface area contributed by atoms with E-state index in [2.05, 4.69) is 5.32 Å². The molecule has 1 amide bonds. The molecule has 0 fully saturated rings. The van der Waals surface area contributed by atoms with Gasteiger partial charge in [-0.25, -0.2) is 8.42 Å². The Bertz CT molecular complexity index is 874. The lowest BCUT2D eigenvalue weighted by atomic mass is 10.1. The van der Waals surface area contributed by atoms with E-state index >= 15 is 0 Å². The van der Waals surface area contributed by atoms with E-state index in [9.17, 15) is 13.2 Å². The fourth-order valence-corrected chi connectivity index (χ4v) is 4.07. The van der Waals surface area contributed by atoms with E-state index in [4.69, 9.17) is 0 Å². The van der Waals surface area contributed by atoms with Gasteiger partial charge in [0, 0.05) is 18.7 Å². The second-order valence-electron chi connectivity index (χ2n) is 6.27. The summed E-state index contributed by atoms with van der Waals surface area (Å²) >= 11 is 0. The molecule has 0 radical (unpaired) electrons. The van der Waals surface area contributed by atoms with Gasteiger partial charge in [-0.1, -0.05) is 38.1 Å². The fraction of sp³-hybridized carbons (Fsp3) is 0.350. The highest BCUT2D eigenvalue weighted by atomic mass is 32.2. The van der Waals surface area contributed by atoms with Crippen LogP contribution in [0.3, 0.4) is 0 Å². The monoisotopic (exact) mass is 374 g/mol. The standard InChI is InChI=1S/C20H26N2O3S/c1-5-17(6-2)21-20(23)16-11-9-12-18(14-16)26(24,25)22(4)19-13-8-7-10-15(19)3/h7-14,17H,5-6H2,1-4H3,(H,21,23). The number of hydrogen-bond acceptors (Lipinski definition) is 3. The van der Waals surface area contributed by atoms with Crippen molar-refractivity contribution in [3.63, 3.8) is 0 Å². The van der Waals surface area contributed by atoms with Crippen LogP contribution in [0, 0.1) is 6.92 Å². The molecule has 2 aromatic rings. The van der Waals surface area contributed by atoms with Crippen molar-refractivity contribution in [3.05, 3.63) is 59.7 Å². The summed E-state index contributed by atoms with van der Waals surface area (Å²) in [5, 5.41) is 2.93. The summed E-state index contributed by atoms with van der Waals surface area (Å²) in [6, 6.07) is 13.5. The SMILES string of the molecule is CCC(CC)NC(=O)c1cccc(S(=O)(=O)N(C)c2ccccc2C)c1. The van der Waals surface area contributed by atoms with Gasteiger partial charge in [-0.2, -0.15) is 0 Å². The zero-order valence-corrected chi connectivity index (χ0v) is 16.5. The molecule has 0 heterocycles. The number of rotatable bonds is 7. The lowest BCUT2D eigenvalue weighted by molar-refractivity contribution is 0.0934. The molecular formula is C20H26N2O3S. The second-order valence-corrected chi connectivity index (χ2v) is 8.24. The van der Waals surface area contributed by atoms with Crippen LogP contribution in [0.15, 0.2) is 53.4 Å². The quantitative estimate of drug-likeness (QED) is 0.803. The predicted molar refractivity (Wildman–Crippen MR) is 105 cm³/mol. The van der Waals surface area contributed by atoms with E-state index in [0.29, 0.717) is 11.3 Å². The Labute approximate surface area is 156 Å². The van der Waals surface area contributed by atoms with Crippen LogP contribution in [0.25, 0.3) is 0 Å². The van der Waals surface area contributed by atoms with E-state index in [1.807, 2.05) is 32.9 Å². The number of para-hydroxylation sites is 1. The molecule has 0 aliphatic carbocycles. The third kappa shape index (κ3) is 4.25. The molecule has 5 nitrogen and oxygen atoms in total. The number of nitrogens with zero attached hydrogens (tertiary/aromatic N) is 1. The number of amides is 1. The molecule has 0 unspecified atom stereocenters. The highest BCUT2D eigenvalue weighted by Gasteiger charge is 2.23. The minimum Gasteiger partial charge on any atom is -0.349 e. The molecule has 2 rings (SSSR count). The lowest BCUT2D eigenvalue weighted by Crippen LogP contribution is -2.34. The van der Waals surface area contributed by atoms with Crippen LogP contribution in [-0.2, 0) is 10.0 Å². The second kappa shape index (κ2) is 8.36. The molecule has 26 heavy (non-hydrogen) atoms. The number of benzene rings is 2. The molecule has 0 aliphatic heterocycles. The summed E-state index contributed by atoms with van der Waals surface area (Å²) < 4.78 is 27.2. The number of carbonyl (C=O) groups excluding carboxylic acids is 1. The van der Waals surface area contributed by atoms with Gasteiger partial charge in [0.1, 0.15) is 0 Å². The number of nitrogens with one attached hydrogen (secondary N) is 1. The van der Waals surface area contributed by atoms with E-state index < -0.39 is 10.0 Å². The lowest BCUT2D eigenvalue weighted by Gasteiger charge is -2.21. The summed E-state index contributed by atoms with van der Waals surface area (Å²) in [6.07, 6.45) is 1.66. The zero-order valence-electron chi connectivity index (χ0n) is 15.7. The van der Waals surface area contributed by atoms with Crippen molar-refractivity contribution in [2.24, 2.45) is 0 Å². The van der Waals surface area contributed by atoms with Crippen molar-refractivity contribution in [1.82, 2.24) is 5.32 Å². The number of anilines is 1. The smallest absolute Gasteiger partial charge is 0.264 e. The van der Waals surface area contributed by atoms with Crippen molar-refractivity contribution >= 4 is 21.6 Å². The highest BCUT2D eigenvalue weighted by Crippen LogP contribution is 2.25. The number of aryl methyl sites for hydroxylation is 1. The Balaban J connectivity index is 2.34. The average Bonchev–Trinajstić information content (AvgIpc) is 2.65. The van der Waals surface area contributed by atoms with Gasteiger partial charge in [0.25, 0.3) is 15.9 Å². The summed E-state index contributed by atoms with van der Waals surface area (Å²) in [4.78, 5) is 12.5. The first kappa shape index (κ1) is 20.0. The molecule has 0 bridgehead atoms. The van der Waals surface area contributed by atoms with Crippen LogP contribution in [0.1, 0.15) is 42.6 Å². The molecule has 0 aliphatic rings. The topological polar surface area (TPSA) is 66.5 Å². The molecule has 0 saturated carbocycles. The maximum Gasteiger partial charge on any atom is 0.264 e. The summed E-state index contributed by atoms with van der Waals surface area (Å²) in [7, 11) is -2.23. The van der Waals surface area contributed by atoms with Crippen LogP contribution in [0.5, 0.6) is 0 Å². The molecule has 0 atom stereocenters. The molecule has 1 N–H and O–H groups in total. The summed E-state index contributed by atoms with van der Waals surface area (Å²) in [5.41, 5.74) is 1.82. The van der Waals surface area contributed by atoms with Crippen LogP contribution < -0.4 is 9.62 Å². The molecule has 0 saturated heterocycles. The first-order chi connectivity index (χ1) is 12.3. The molecular weight excluding hydrogens is 348 g/mol. The van der Waals surface area contributed by atoms with Gasteiger partial charge in [0.15, 0.2) is 0 Å². The van der Waals surface area contributed by atoms with Crippen molar-refractivity contribution in [2.75, 3.05) is 11.4 Å². The number of sulfonamides is 1. The Hall–Kier alpha value is -2.34. The third-order valence-electron chi connectivity index (χ3n) is 4.53. The molecule has 2 aromatic carbocycles. The van der Waals surface area contributed by atoms with Crippen LogP contribution in [0.4, 0.5) is 5.69 Å². The van der Waals surface area contributed by atoms with Crippen molar-refractivity contribution in [3.8, 4) is 0 Å². The van der Waals surface area contributed by atoms with Crippen LogP contribution in [0.2, 0.25) is 0 Å². The van der Waals surface area contributed by atoms with Gasteiger partial charge in [-0.15, -0.1) is 0 Å². The summed E-state index contributed by atoms with van der Waals surface area (Å²) in [6.45, 7) is 5.87. The average molecular weight is 375 g/mol. The van der Waals surface area contributed by atoms with E-state index in [-0.39, 0.29) is 16.8 Å². The van der Waals surface area contributed by atoms with Gasteiger partial charge in [0.2, 0.25) is 0 Å². The van der Waals surface area contributed by atoms with Crippen molar-refractivity contribution in [2.45, 2.75) is 44.6 Å². The highest BCUT2D eigenvalue weighted by molar-refractivity contribution is 7.92. The molecule has 6 heteroatoms. The maximum absolute atomic E-state index is 13.0. The minimum absolute atomic E-state index is 0.0809. The summed E-state index contributed by atoms with van der Waals surface area (Å²) in [5.74, 6) is -0.255. The largest absolute Gasteiger partial charge is 0.349 e. The first-order valence-electron chi connectivity index (χ1n) is 8.76. The first-order valence-corrected chi connectivity index (χ1v) is 10.2. The van der Waals surface area contributed by atoms with Gasteiger partial charge in [-0.05, 0) is 49.6 Å². The minimum atomic E-state index is -3.76. The Morgan fingerprint density at radius 3 is 2.35 bits per heavy atom. The predicted octanol–water partition coefficient (Wildman–Crippen LogP) is 3.74. The van der Waals surface area contributed by atoms with Gasteiger partial charge in [0.05, 0.1) is 10.6 Å². The third-order valence-corrected chi connectivity index (χ3v) is 6.30. The van der Waals surface area contributed by atoms with Crippen molar-refractivity contribution in [1.29, 1.82) is 0 Å². The van der Waals surface area contributed by atoms with E-state index in [1.54, 1.807) is 24.3 Å². The zero-order chi connectivity index (χ0) is 19.3. The van der Waals surface area contributed by atoms with Crippen LogP contribution >= 0.6 is 0 Å². The van der Waals surface area contributed by atoms with Crippen molar-refractivity contribution < 1.29 is 13.2 Å². The Morgan fingerprint density at radius 2 is 1.73 bits per heavy atom. The van der Waals surface area contributed by atoms with Crippen LogP contribution in [-0.4, -0.2) is 27.4 Å².